The van der Waals surface area contributed by atoms with Gasteiger partial charge in [0.2, 0.25) is 5.91 Å². The molecule has 0 saturated carbocycles. The predicted octanol–water partition coefficient (Wildman–Crippen LogP) is 0.0667. The average molecular weight is 276 g/mol. The lowest BCUT2D eigenvalue weighted by atomic mass is 10.1. The molecule has 1 aliphatic heterocycles. The molecule has 1 rings (SSSR count). The number of nitrogens with two attached hydrogens (primary N) is 1. The van der Waals surface area contributed by atoms with Crippen molar-refractivity contribution in [3.63, 3.8) is 0 Å². The first-order valence-corrected chi connectivity index (χ1v) is 7.84. The normalized spacial score (nSPS) is 18.9. The zero-order valence-corrected chi connectivity index (χ0v) is 11.8. The number of piperidine rings is 1. The van der Waals surface area contributed by atoms with Gasteiger partial charge in [0.1, 0.15) is 0 Å². The minimum absolute atomic E-state index is 0.0543. The number of ether oxygens (including phenoxy) is 1. The molecule has 0 spiro atoms. The fraction of sp³-hybridized carbons (Fsp3) is 0.917. The molecule has 5 nitrogen and oxygen atoms in total. The van der Waals surface area contributed by atoms with E-state index in [1.54, 1.807) is 11.8 Å². The summed E-state index contributed by atoms with van der Waals surface area (Å²) in [4.78, 5) is 13.9. The highest BCUT2D eigenvalue weighted by atomic mass is 32.2. The zero-order valence-electron chi connectivity index (χ0n) is 11.0. The summed E-state index contributed by atoms with van der Waals surface area (Å²) >= 11 is 1.71. The lowest BCUT2D eigenvalue weighted by Crippen LogP contribution is -2.48. The van der Waals surface area contributed by atoms with E-state index in [0.717, 1.165) is 25.0 Å². The van der Waals surface area contributed by atoms with E-state index in [2.05, 4.69) is 0 Å². The molecule has 0 aromatic heterocycles. The summed E-state index contributed by atoms with van der Waals surface area (Å²) in [6.07, 6.45) is 4.59. The van der Waals surface area contributed by atoms with E-state index in [9.17, 15) is 4.79 Å². The summed E-state index contributed by atoms with van der Waals surface area (Å²) < 4.78 is 5.46. The van der Waals surface area contributed by atoms with Gasteiger partial charge in [-0.1, -0.05) is 0 Å². The Bertz CT molecular complexity index is 245. The zero-order chi connectivity index (χ0) is 13.4. The van der Waals surface area contributed by atoms with Gasteiger partial charge in [0.05, 0.1) is 25.4 Å². The van der Waals surface area contributed by atoms with Gasteiger partial charge in [-0.3, -0.25) is 4.79 Å². The van der Waals surface area contributed by atoms with Crippen LogP contribution >= 0.6 is 11.8 Å². The van der Waals surface area contributed by atoms with Crippen LogP contribution in [-0.4, -0.2) is 66.4 Å². The number of aliphatic hydroxyl groups excluding tert-OH is 1. The Labute approximate surface area is 113 Å². The average Bonchev–Trinajstić information content (AvgIpc) is 2.42. The molecule has 6 heteroatoms. The fourth-order valence-corrected chi connectivity index (χ4v) is 2.55. The molecule has 1 fully saturated rings. The number of aliphatic hydroxyl groups is 1. The second-order valence-corrected chi connectivity index (χ2v) is 5.49. The van der Waals surface area contributed by atoms with Crippen molar-refractivity contribution >= 4 is 17.7 Å². The largest absolute Gasteiger partial charge is 0.394 e. The molecule has 0 aliphatic carbocycles. The highest BCUT2D eigenvalue weighted by molar-refractivity contribution is 7.98. The molecule has 106 valence electrons. The van der Waals surface area contributed by atoms with Crippen LogP contribution in [0.5, 0.6) is 0 Å². The lowest BCUT2D eigenvalue weighted by molar-refractivity contribution is -0.135. The van der Waals surface area contributed by atoms with Crippen molar-refractivity contribution in [1.82, 2.24) is 4.90 Å². The van der Waals surface area contributed by atoms with Gasteiger partial charge in [-0.25, -0.2) is 0 Å². The van der Waals surface area contributed by atoms with Crippen molar-refractivity contribution in [2.75, 3.05) is 38.3 Å². The highest BCUT2D eigenvalue weighted by Gasteiger charge is 2.26. The highest BCUT2D eigenvalue weighted by Crippen LogP contribution is 2.15. The summed E-state index contributed by atoms with van der Waals surface area (Å²) in [5.74, 6) is 0.979. The van der Waals surface area contributed by atoms with Crippen LogP contribution in [0.4, 0.5) is 0 Å². The molecule has 0 aromatic rings. The lowest BCUT2D eigenvalue weighted by Gasteiger charge is -2.33. The van der Waals surface area contributed by atoms with Crippen LogP contribution in [0.3, 0.4) is 0 Å². The molecule has 1 saturated heterocycles. The summed E-state index contributed by atoms with van der Waals surface area (Å²) in [7, 11) is 0. The second kappa shape index (κ2) is 8.74. The third-order valence-electron chi connectivity index (χ3n) is 3.15. The molecule has 0 radical (unpaired) electrons. The van der Waals surface area contributed by atoms with Gasteiger partial charge < -0.3 is 20.5 Å². The van der Waals surface area contributed by atoms with Gasteiger partial charge in [-0.2, -0.15) is 11.8 Å². The van der Waals surface area contributed by atoms with Gasteiger partial charge >= 0.3 is 0 Å². The van der Waals surface area contributed by atoms with Crippen molar-refractivity contribution in [2.45, 2.75) is 31.4 Å². The van der Waals surface area contributed by atoms with Crippen LogP contribution in [0.2, 0.25) is 0 Å². The van der Waals surface area contributed by atoms with Crippen LogP contribution in [0, 0.1) is 0 Å². The Balaban J connectivity index is 2.26. The Hall–Kier alpha value is -0.300. The van der Waals surface area contributed by atoms with Crippen molar-refractivity contribution < 1.29 is 14.6 Å². The topological polar surface area (TPSA) is 75.8 Å². The number of hydrogen-bond donors (Lipinski definition) is 2. The van der Waals surface area contributed by atoms with Crippen molar-refractivity contribution in [3.05, 3.63) is 0 Å². The molecule has 0 bridgehead atoms. The fourth-order valence-electron chi connectivity index (χ4n) is 2.07. The van der Waals surface area contributed by atoms with Crippen LogP contribution in [0.15, 0.2) is 0 Å². The van der Waals surface area contributed by atoms with Crippen LogP contribution in [0.25, 0.3) is 0 Å². The third-order valence-corrected chi connectivity index (χ3v) is 3.79. The first-order chi connectivity index (χ1) is 8.69. The molecule has 1 aliphatic rings. The molecule has 1 atom stereocenters. The van der Waals surface area contributed by atoms with Gasteiger partial charge in [-0.15, -0.1) is 0 Å². The third kappa shape index (κ3) is 5.14. The Morgan fingerprint density at radius 3 is 2.78 bits per heavy atom. The van der Waals surface area contributed by atoms with E-state index < -0.39 is 0 Å². The second-order valence-electron chi connectivity index (χ2n) is 4.51. The quantitative estimate of drug-likeness (QED) is 0.688. The van der Waals surface area contributed by atoms with Gasteiger partial charge in [-0.05, 0) is 31.3 Å². The number of nitrogens with zero attached hydrogens (tertiary/aromatic N) is 1. The number of carbonyl (C=O) groups is 1. The molecule has 3 N–H and O–H groups in total. The first kappa shape index (κ1) is 15.8. The number of carbonyl (C=O) groups excluding carboxylic acids is 1. The maximum absolute atomic E-state index is 12.0. The maximum Gasteiger partial charge on any atom is 0.239 e. The number of likely N-dealkylation sites (tertiary alicyclic amines) is 1. The monoisotopic (exact) mass is 276 g/mol. The molecular weight excluding hydrogens is 252 g/mol. The Kier molecular flexibility index (Phi) is 7.65. The summed E-state index contributed by atoms with van der Waals surface area (Å²) in [5.41, 5.74) is 5.88. The van der Waals surface area contributed by atoms with Crippen LogP contribution in [0.1, 0.15) is 19.3 Å². The Morgan fingerprint density at radius 1 is 1.56 bits per heavy atom. The van der Waals surface area contributed by atoms with Gasteiger partial charge in [0.15, 0.2) is 0 Å². The molecule has 1 amide bonds. The van der Waals surface area contributed by atoms with Gasteiger partial charge in [0.25, 0.3) is 0 Å². The van der Waals surface area contributed by atoms with E-state index in [0.29, 0.717) is 19.7 Å². The predicted molar refractivity (Wildman–Crippen MR) is 73.6 cm³/mol. The summed E-state index contributed by atoms with van der Waals surface area (Å²) in [6.45, 7) is 1.86. The molecule has 1 heterocycles. The minimum Gasteiger partial charge on any atom is -0.394 e. The summed E-state index contributed by atoms with van der Waals surface area (Å²) in [6, 6.07) is -0.368. The minimum atomic E-state index is -0.368. The van der Waals surface area contributed by atoms with Crippen molar-refractivity contribution in [1.29, 1.82) is 0 Å². The number of rotatable bonds is 7. The van der Waals surface area contributed by atoms with Crippen LogP contribution < -0.4 is 5.73 Å². The molecule has 18 heavy (non-hydrogen) atoms. The molecule has 0 unspecified atom stereocenters. The van der Waals surface area contributed by atoms with Crippen molar-refractivity contribution in [3.8, 4) is 0 Å². The van der Waals surface area contributed by atoms with Crippen molar-refractivity contribution in [2.24, 2.45) is 5.73 Å². The molecule has 0 aromatic carbocycles. The van der Waals surface area contributed by atoms with E-state index in [-0.39, 0.29) is 24.7 Å². The number of amides is 1. The van der Waals surface area contributed by atoms with E-state index in [1.165, 1.54) is 0 Å². The standard InChI is InChI=1S/C12H24N2O3S/c1-18-9-4-11(13)12(16)14-5-2-10(3-6-14)17-8-7-15/h10-11,15H,2-9,13H2,1H3/t11-/m1/s1. The van der Waals surface area contributed by atoms with E-state index in [1.807, 2.05) is 11.2 Å². The van der Waals surface area contributed by atoms with E-state index in [4.69, 9.17) is 15.6 Å². The number of hydrogen-bond acceptors (Lipinski definition) is 5. The number of thioether (sulfide) groups is 1. The van der Waals surface area contributed by atoms with Crippen LogP contribution in [-0.2, 0) is 9.53 Å². The maximum atomic E-state index is 12.0. The SMILES string of the molecule is CSCC[C@@H](N)C(=O)N1CCC(OCCO)CC1. The Morgan fingerprint density at radius 2 is 2.22 bits per heavy atom. The summed E-state index contributed by atoms with van der Waals surface area (Å²) in [5, 5.41) is 8.68. The smallest absolute Gasteiger partial charge is 0.239 e. The first-order valence-electron chi connectivity index (χ1n) is 6.44. The van der Waals surface area contributed by atoms with E-state index >= 15 is 0 Å². The van der Waals surface area contributed by atoms with Gasteiger partial charge in [0, 0.05) is 13.1 Å². The molecular formula is C12H24N2O3S.